The first-order valence-electron chi connectivity index (χ1n) is 6.74. The number of alkyl carbamates (subject to hydrolysis) is 1. The summed E-state index contributed by atoms with van der Waals surface area (Å²) >= 11 is 0. The number of carbonyl (C=O) groups is 2. The lowest BCUT2D eigenvalue weighted by molar-refractivity contribution is -0.113. The molecule has 8 nitrogen and oxygen atoms in total. The van der Waals surface area contributed by atoms with Gasteiger partial charge in [-0.2, -0.15) is 5.10 Å². The predicted octanol–water partition coefficient (Wildman–Crippen LogP) is 0.667. The van der Waals surface area contributed by atoms with Crippen molar-refractivity contribution in [3.8, 4) is 0 Å². The predicted molar refractivity (Wildman–Crippen MR) is 81.2 cm³/mol. The Balaban J connectivity index is 4.42. The third-order valence-electron chi connectivity index (χ3n) is 2.57. The van der Waals surface area contributed by atoms with Crippen LogP contribution in [0.2, 0.25) is 0 Å². The van der Waals surface area contributed by atoms with Crippen LogP contribution >= 0.6 is 0 Å². The summed E-state index contributed by atoms with van der Waals surface area (Å²) in [6.45, 7) is 2.39. The minimum absolute atomic E-state index is 0.0652. The van der Waals surface area contributed by atoms with Crippen molar-refractivity contribution in [3.63, 3.8) is 0 Å². The van der Waals surface area contributed by atoms with Gasteiger partial charge in [0.05, 0.1) is 12.6 Å². The van der Waals surface area contributed by atoms with Gasteiger partial charge in [0.25, 0.3) is 0 Å². The Hall–Kier alpha value is -2.38. The fraction of sp³-hybridized carbons (Fsp3) is 0.538. The van der Waals surface area contributed by atoms with Gasteiger partial charge in [-0.05, 0) is 6.42 Å². The van der Waals surface area contributed by atoms with Crippen LogP contribution in [0.5, 0.6) is 0 Å². The number of nitrogens with two attached hydrogens (primary N) is 2. The lowest BCUT2D eigenvalue weighted by Crippen LogP contribution is -2.41. The highest BCUT2D eigenvalue weighted by atomic mass is 16.5. The van der Waals surface area contributed by atoms with Gasteiger partial charge in [0.15, 0.2) is 0 Å². The molecule has 0 saturated carbocycles. The number of nitrogens with one attached hydrogen (secondary N) is 2. The van der Waals surface area contributed by atoms with Gasteiger partial charge in [0, 0.05) is 12.3 Å². The van der Waals surface area contributed by atoms with Crippen LogP contribution in [-0.2, 0) is 9.53 Å². The summed E-state index contributed by atoms with van der Waals surface area (Å²) in [4.78, 5) is 22.3. The zero-order valence-electron chi connectivity index (χ0n) is 12.2. The number of hydrogen-bond acceptors (Lipinski definition) is 6. The third kappa shape index (κ3) is 9.20. The van der Waals surface area contributed by atoms with Crippen molar-refractivity contribution in [1.29, 1.82) is 5.41 Å². The van der Waals surface area contributed by atoms with Gasteiger partial charge in [-0.1, -0.05) is 32.3 Å². The molecule has 0 aliphatic carbocycles. The summed E-state index contributed by atoms with van der Waals surface area (Å²) in [6, 6.07) is -0.844. The van der Waals surface area contributed by atoms with E-state index < -0.39 is 18.0 Å². The van der Waals surface area contributed by atoms with E-state index in [2.05, 4.69) is 17.3 Å². The van der Waals surface area contributed by atoms with Crippen molar-refractivity contribution in [3.05, 3.63) is 12.2 Å². The topological polar surface area (TPSA) is 144 Å². The number of hydrogen-bond donors (Lipinski definition) is 4. The Morgan fingerprint density at radius 1 is 1.38 bits per heavy atom. The van der Waals surface area contributed by atoms with E-state index in [9.17, 15) is 9.59 Å². The van der Waals surface area contributed by atoms with Crippen LogP contribution in [0, 0.1) is 5.41 Å². The summed E-state index contributed by atoms with van der Waals surface area (Å²) in [5.41, 5.74) is 5.05. The highest BCUT2D eigenvalue weighted by molar-refractivity contribution is 6.32. The van der Waals surface area contributed by atoms with E-state index >= 15 is 0 Å². The maximum absolute atomic E-state index is 11.6. The molecule has 0 rings (SSSR count). The molecule has 8 heteroatoms. The Kier molecular flexibility index (Phi) is 10.1. The van der Waals surface area contributed by atoms with Crippen LogP contribution in [0.15, 0.2) is 17.3 Å². The van der Waals surface area contributed by atoms with Crippen LogP contribution in [0.3, 0.4) is 0 Å². The molecule has 0 radical (unpaired) electrons. The zero-order chi connectivity index (χ0) is 16.1. The van der Waals surface area contributed by atoms with Crippen molar-refractivity contribution in [1.82, 2.24) is 5.32 Å². The lowest BCUT2D eigenvalue weighted by atomic mass is 10.1. The van der Waals surface area contributed by atoms with Crippen LogP contribution in [0.4, 0.5) is 4.79 Å². The van der Waals surface area contributed by atoms with E-state index in [1.165, 1.54) is 6.08 Å². The summed E-state index contributed by atoms with van der Waals surface area (Å²) in [5.74, 6) is 4.43. The monoisotopic (exact) mass is 297 g/mol. The first kappa shape index (κ1) is 18.6. The molecule has 21 heavy (non-hydrogen) atoms. The quantitative estimate of drug-likeness (QED) is 0.154. The van der Waals surface area contributed by atoms with Crippen molar-refractivity contribution < 1.29 is 14.3 Å². The minimum Gasteiger partial charge on any atom is -0.450 e. The van der Waals surface area contributed by atoms with Gasteiger partial charge in [-0.3, -0.25) is 4.79 Å². The minimum atomic E-state index is -0.844. The average molecular weight is 297 g/mol. The summed E-state index contributed by atoms with van der Waals surface area (Å²) < 4.78 is 4.99. The summed E-state index contributed by atoms with van der Waals surface area (Å²) in [5, 5.41) is 13.0. The van der Waals surface area contributed by atoms with Crippen LogP contribution in [-0.4, -0.2) is 36.6 Å². The van der Waals surface area contributed by atoms with Crippen molar-refractivity contribution >= 4 is 23.9 Å². The standard InChI is InChI=1S/C13H23N5O3/c1-2-3-4-5-8-21-13(20)17-10(6-7-12(15)19)11(9-14)18-16/h6-7,9-10,14H,2-5,8,16H2,1H3,(H2,15,19)(H,17,20)/b7-6+,14-9?,18-11+. The SMILES string of the molecule is CCCCCCOC(=O)NC(/C=C/C(N)=O)/C(C=N)=N/N. The van der Waals surface area contributed by atoms with Gasteiger partial charge in [0.2, 0.25) is 5.91 Å². The van der Waals surface area contributed by atoms with E-state index in [0.29, 0.717) is 6.61 Å². The molecule has 0 aromatic carbocycles. The smallest absolute Gasteiger partial charge is 0.407 e. The largest absolute Gasteiger partial charge is 0.450 e. The molecule has 6 N–H and O–H groups in total. The molecule has 0 saturated heterocycles. The number of amides is 2. The normalized spacial score (nSPS) is 12.9. The van der Waals surface area contributed by atoms with E-state index in [4.69, 9.17) is 21.7 Å². The second kappa shape index (κ2) is 11.4. The molecule has 2 amide bonds. The van der Waals surface area contributed by atoms with Gasteiger partial charge < -0.3 is 27.0 Å². The fourth-order valence-corrected chi connectivity index (χ4v) is 1.48. The van der Waals surface area contributed by atoms with Crippen LogP contribution in [0.1, 0.15) is 32.6 Å². The first-order chi connectivity index (χ1) is 10.0. The Bertz CT molecular complexity index is 407. The number of hydrazone groups is 1. The lowest BCUT2D eigenvalue weighted by Gasteiger charge is -2.14. The molecule has 0 aromatic heterocycles. The van der Waals surface area contributed by atoms with Gasteiger partial charge >= 0.3 is 6.09 Å². The number of rotatable bonds is 10. The number of unbranched alkanes of at least 4 members (excludes halogenated alkanes) is 3. The van der Waals surface area contributed by atoms with Crippen LogP contribution in [0.25, 0.3) is 0 Å². The molecule has 0 aliphatic rings. The average Bonchev–Trinajstić information content (AvgIpc) is 2.45. The van der Waals surface area contributed by atoms with Crippen LogP contribution < -0.4 is 16.9 Å². The van der Waals surface area contributed by atoms with Gasteiger partial charge in [-0.15, -0.1) is 0 Å². The molecule has 118 valence electrons. The molecule has 0 heterocycles. The van der Waals surface area contributed by atoms with Crippen molar-refractivity contribution in [2.45, 2.75) is 38.6 Å². The van der Waals surface area contributed by atoms with E-state index in [1.807, 2.05) is 0 Å². The van der Waals surface area contributed by atoms with Gasteiger partial charge in [-0.25, -0.2) is 4.79 Å². The molecule has 0 aliphatic heterocycles. The third-order valence-corrected chi connectivity index (χ3v) is 2.57. The zero-order valence-corrected chi connectivity index (χ0v) is 12.2. The molecule has 1 unspecified atom stereocenters. The maximum Gasteiger partial charge on any atom is 0.407 e. The van der Waals surface area contributed by atoms with Crippen molar-refractivity contribution in [2.75, 3.05) is 6.61 Å². The second-order valence-electron chi connectivity index (χ2n) is 4.28. The number of primary amides is 1. The molecule has 0 fully saturated rings. The van der Waals surface area contributed by atoms with E-state index in [-0.39, 0.29) is 5.71 Å². The number of ether oxygens (including phenoxy) is 1. The molecular weight excluding hydrogens is 274 g/mol. The van der Waals surface area contributed by atoms with E-state index in [1.54, 1.807) is 0 Å². The number of nitrogens with zero attached hydrogens (tertiary/aromatic N) is 1. The highest BCUT2D eigenvalue weighted by Gasteiger charge is 2.15. The maximum atomic E-state index is 11.6. The Morgan fingerprint density at radius 2 is 2.10 bits per heavy atom. The molecule has 1 atom stereocenters. The molecule has 0 spiro atoms. The number of carbonyl (C=O) groups excluding carboxylic acids is 2. The fourth-order valence-electron chi connectivity index (χ4n) is 1.48. The van der Waals surface area contributed by atoms with E-state index in [0.717, 1.165) is 38.0 Å². The highest BCUT2D eigenvalue weighted by Crippen LogP contribution is 1.99. The summed E-state index contributed by atoms with van der Waals surface area (Å²) in [7, 11) is 0. The Morgan fingerprint density at radius 3 is 2.62 bits per heavy atom. The summed E-state index contributed by atoms with van der Waals surface area (Å²) in [6.07, 6.45) is 6.51. The molecular formula is C13H23N5O3. The molecule has 0 bridgehead atoms. The molecule has 0 aromatic rings. The second-order valence-corrected chi connectivity index (χ2v) is 4.28. The van der Waals surface area contributed by atoms with Crippen molar-refractivity contribution in [2.24, 2.45) is 16.7 Å². The Labute approximate surface area is 124 Å². The first-order valence-corrected chi connectivity index (χ1v) is 6.74. The van der Waals surface area contributed by atoms with Gasteiger partial charge in [0.1, 0.15) is 5.71 Å².